The number of nitrogens with one attached hydrogen (secondary N) is 1. The van der Waals surface area contributed by atoms with Gasteiger partial charge in [0.25, 0.3) is 0 Å². The summed E-state index contributed by atoms with van der Waals surface area (Å²) in [4.78, 5) is 11.0. The zero-order chi connectivity index (χ0) is 17.1. The number of fused-ring (bicyclic) bond motifs is 1. The topological polar surface area (TPSA) is 94.3 Å². The molecule has 0 atom stereocenters. The van der Waals surface area contributed by atoms with Gasteiger partial charge >= 0.3 is 0 Å². The Morgan fingerprint density at radius 2 is 1.71 bits per heavy atom. The maximum Gasteiger partial charge on any atom is 0.221 e. The number of carbonyl (C=O) groups excluding carboxylic acids is 1. The number of hydrogen-bond donors (Lipinski definition) is 3. The highest BCUT2D eigenvalue weighted by Gasteiger charge is 2.09. The molecule has 3 N–H and O–H groups in total. The summed E-state index contributed by atoms with van der Waals surface area (Å²) in [6, 6.07) is 15.2. The monoisotopic (exact) mass is 321 g/mol. The number of aromatic hydroxyl groups is 2. The fourth-order valence-corrected chi connectivity index (χ4v) is 2.34. The molecule has 24 heavy (non-hydrogen) atoms. The van der Waals surface area contributed by atoms with Crippen molar-refractivity contribution in [2.45, 2.75) is 6.92 Å². The van der Waals surface area contributed by atoms with Crippen LogP contribution in [0.5, 0.6) is 11.5 Å². The number of hydrogen-bond acceptors (Lipinski definition) is 5. The molecular weight excluding hydrogens is 306 g/mol. The molecule has 0 bridgehead atoms. The predicted octanol–water partition coefficient (Wildman–Crippen LogP) is 4.62. The van der Waals surface area contributed by atoms with Gasteiger partial charge in [-0.1, -0.05) is 18.2 Å². The van der Waals surface area contributed by atoms with E-state index in [1.54, 1.807) is 48.5 Å². The van der Waals surface area contributed by atoms with E-state index < -0.39 is 0 Å². The van der Waals surface area contributed by atoms with E-state index >= 15 is 0 Å². The fourth-order valence-electron chi connectivity index (χ4n) is 2.34. The minimum atomic E-state index is -0.148. The Hall–Kier alpha value is -3.41. The van der Waals surface area contributed by atoms with Gasteiger partial charge in [-0.05, 0) is 41.8 Å². The average molecular weight is 321 g/mol. The van der Waals surface area contributed by atoms with Gasteiger partial charge in [-0.15, -0.1) is 5.11 Å². The molecule has 0 aliphatic carbocycles. The van der Waals surface area contributed by atoms with Gasteiger partial charge in [0.2, 0.25) is 5.91 Å². The Labute approximate surface area is 138 Å². The molecule has 120 valence electrons. The molecular formula is C18H15N3O3. The number of azo groups is 1. The van der Waals surface area contributed by atoms with Crippen molar-refractivity contribution in [1.29, 1.82) is 0 Å². The molecule has 3 aromatic rings. The summed E-state index contributed by atoms with van der Waals surface area (Å²) in [5, 5.41) is 32.0. The van der Waals surface area contributed by atoms with Crippen molar-refractivity contribution in [3.8, 4) is 11.5 Å². The lowest BCUT2D eigenvalue weighted by Crippen LogP contribution is -2.04. The molecule has 0 unspecified atom stereocenters. The molecule has 1 amide bonds. The van der Waals surface area contributed by atoms with Crippen LogP contribution in [0.25, 0.3) is 10.8 Å². The number of nitrogens with zero attached hydrogens (tertiary/aromatic N) is 2. The number of anilines is 1. The Kier molecular flexibility index (Phi) is 4.11. The second-order valence-electron chi connectivity index (χ2n) is 5.24. The van der Waals surface area contributed by atoms with Crippen LogP contribution in [0.1, 0.15) is 6.92 Å². The van der Waals surface area contributed by atoms with Crippen LogP contribution in [0, 0.1) is 0 Å². The zero-order valence-corrected chi connectivity index (χ0v) is 12.9. The van der Waals surface area contributed by atoms with Crippen LogP contribution in [0.2, 0.25) is 0 Å². The SMILES string of the molecule is CC(=O)Nc1ccc(N=Nc2ccc3cccc(O)c3c2O)cc1. The number of benzene rings is 3. The van der Waals surface area contributed by atoms with E-state index in [1.165, 1.54) is 13.0 Å². The highest BCUT2D eigenvalue weighted by molar-refractivity contribution is 5.96. The first kappa shape index (κ1) is 15.5. The van der Waals surface area contributed by atoms with E-state index in [0.717, 1.165) is 0 Å². The lowest BCUT2D eigenvalue weighted by Gasteiger charge is -2.05. The number of rotatable bonds is 3. The van der Waals surface area contributed by atoms with Crippen molar-refractivity contribution in [3.05, 3.63) is 54.6 Å². The highest BCUT2D eigenvalue weighted by atomic mass is 16.3. The van der Waals surface area contributed by atoms with Crippen molar-refractivity contribution in [3.63, 3.8) is 0 Å². The molecule has 6 heteroatoms. The highest BCUT2D eigenvalue weighted by Crippen LogP contribution is 2.39. The average Bonchev–Trinajstić information content (AvgIpc) is 2.55. The maximum atomic E-state index is 11.0. The Morgan fingerprint density at radius 3 is 2.42 bits per heavy atom. The van der Waals surface area contributed by atoms with Crippen LogP contribution in [-0.2, 0) is 4.79 Å². The van der Waals surface area contributed by atoms with E-state index in [-0.39, 0.29) is 23.1 Å². The molecule has 0 saturated heterocycles. The number of amides is 1. The van der Waals surface area contributed by atoms with Crippen molar-refractivity contribution in [2.75, 3.05) is 5.32 Å². The van der Waals surface area contributed by atoms with Crippen LogP contribution in [0.4, 0.5) is 17.1 Å². The number of phenols is 2. The van der Waals surface area contributed by atoms with Gasteiger partial charge in [0.1, 0.15) is 11.4 Å². The zero-order valence-electron chi connectivity index (χ0n) is 12.9. The minimum absolute atomic E-state index is 0.0123. The second-order valence-corrected chi connectivity index (χ2v) is 5.24. The normalized spacial score (nSPS) is 11.0. The maximum absolute atomic E-state index is 11.0. The lowest BCUT2D eigenvalue weighted by atomic mass is 10.1. The summed E-state index contributed by atoms with van der Waals surface area (Å²) in [6.07, 6.45) is 0. The summed E-state index contributed by atoms with van der Waals surface area (Å²) in [5.41, 5.74) is 1.50. The van der Waals surface area contributed by atoms with Gasteiger partial charge < -0.3 is 15.5 Å². The molecule has 0 radical (unpaired) electrons. The van der Waals surface area contributed by atoms with Crippen LogP contribution in [0.3, 0.4) is 0 Å². The fraction of sp³-hybridized carbons (Fsp3) is 0.0556. The largest absolute Gasteiger partial charge is 0.507 e. The van der Waals surface area contributed by atoms with E-state index in [1.807, 2.05) is 0 Å². The molecule has 0 aromatic heterocycles. The van der Waals surface area contributed by atoms with Crippen molar-refractivity contribution in [2.24, 2.45) is 10.2 Å². The van der Waals surface area contributed by atoms with Crippen molar-refractivity contribution < 1.29 is 15.0 Å². The van der Waals surface area contributed by atoms with Crippen LogP contribution in [-0.4, -0.2) is 16.1 Å². The molecule has 0 fully saturated rings. The summed E-state index contributed by atoms with van der Waals surface area (Å²) >= 11 is 0. The van der Waals surface area contributed by atoms with Crippen LogP contribution in [0.15, 0.2) is 64.8 Å². The van der Waals surface area contributed by atoms with Gasteiger partial charge in [0, 0.05) is 12.6 Å². The smallest absolute Gasteiger partial charge is 0.221 e. The van der Waals surface area contributed by atoms with E-state index in [0.29, 0.717) is 22.1 Å². The lowest BCUT2D eigenvalue weighted by molar-refractivity contribution is -0.114. The van der Waals surface area contributed by atoms with Gasteiger partial charge in [-0.3, -0.25) is 4.79 Å². The molecule has 3 aromatic carbocycles. The molecule has 0 saturated carbocycles. The first-order valence-electron chi connectivity index (χ1n) is 7.27. The summed E-state index contributed by atoms with van der Waals surface area (Å²) in [6.45, 7) is 1.44. The Bertz CT molecular complexity index is 934. The number of phenolic OH excluding ortho intramolecular Hbond substituents is 2. The van der Waals surface area contributed by atoms with E-state index in [4.69, 9.17) is 0 Å². The van der Waals surface area contributed by atoms with Crippen molar-refractivity contribution >= 4 is 33.7 Å². The minimum Gasteiger partial charge on any atom is -0.507 e. The van der Waals surface area contributed by atoms with Crippen molar-refractivity contribution in [1.82, 2.24) is 0 Å². The molecule has 0 aliphatic heterocycles. The predicted molar refractivity (Wildman–Crippen MR) is 92.2 cm³/mol. The Balaban J connectivity index is 1.89. The molecule has 6 nitrogen and oxygen atoms in total. The van der Waals surface area contributed by atoms with Crippen LogP contribution < -0.4 is 5.32 Å². The molecule has 0 aliphatic rings. The second kappa shape index (κ2) is 6.37. The third kappa shape index (κ3) is 3.17. The summed E-state index contributed by atoms with van der Waals surface area (Å²) < 4.78 is 0. The molecule has 0 heterocycles. The quantitative estimate of drug-likeness (QED) is 0.614. The van der Waals surface area contributed by atoms with E-state index in [9.17, 15) is 15.0 Å². The van der Waals surface area contributed by atoms with Gasteiger partial charge in [0.15, 0.2) is 5.75 Å². The molecule has 0 spiro atoms. The molecule has 3 rings (SSSR count). The van der Waals surface area contributed by atoms with Gasteiger partial charge in [-0.25, -0.2) is 0 Å². The Morgan fingerprint density at radius 1 is 0.958 bits per heavy atom. The van der Waals surface area contributed by atoms with Gasteiger partial charge in [-0.2, -0.15) is 5.11 Å². The third-order valence-corrected chi connectivity index (χ3v) is 3.44. The van der Waals surface area contributed by atoms with E-state index in [2.05, 4.69) is 15.5 Å². The first-order chi connectivity index (χ1) is 11.5. The first-order valence-corrected chi connectivity index (χ1v) is 7.27. The van der Waals surface area contributed by atoms with Crippen LogP contribution >= 0.6 is 0 Å². The summed E-state index contributed by atoms with van der Waals surface area (Å²) in [5.74, 6) is -0.281. The summed E-state index contributed by atoms with van der Waals surface area (Å²) in [7, 11) is 0. The number of carbonyl (C=O) groups is 1. The standard InChI is InChI=1S/C18H15N3O3/c1-11(22)19-13-6-8-14(9-7-13)20-21-15-10-5-12-3-2-4-16(23)17(12)18(15)24/h2-10,23-24H,1H3,(H,19,22). The van der Waals surface area contributed by atoms with Gasteiger partial charge in [0.05, 0.1) is 11.1 Å². The third-order valence-electron chi connectivity index (χ3n) is 3.44.